The van der Waals surface area contributed by atoms with Gasteiger partial charge in [0.25, 0.3) is 0 Å². The van der Waals surface area contributed by atoms with Gasteiger partial charge in [0, 0.05) is 5.70 Å². The van der Waals surface area contributed by atoms with Gasteiger partial charge in [0.15, 0.2) is 0 Å². The Bertz CT molecular complexity index is 207. The quantitative estimate of drug-likeness (QED) is 0.432. The minimum atomic E-state index is -3.29. The van der Waals surface area contributed by atoms with Gasteiger partial charge in [-0.15, -0.1) is 0 Å². The summed E-state index contributed by atoms with van der Waals surface area (Å²) < 4.78 is 21.7. The van der Waals surface area contributed by atoms with Crippen LogP contribution in [-0.4, -0.2) is 19.1 Å². The lowest BCUT2D eigenvalue weighted by Crippen LogP contribution is -2.34. The normalized spacial score (nSPS) is 11.0. The van der Waals surface area contributed by atoms with Crippen molar-refractivity contribution in [1.29, 1.82) is 0 Å². The fourth-order valence-corrected chi connectivity index (χ4v) is 0.849. The van der Waals surface area contributed by atoms with Gasteiger partial charge in [-0.25, -0.2) is 18.7 Å². The summed E-state index contributed by atoms with van der Waals surface area (Å²) in [6, 6.07) is 0. The number of allylic oxidation sites excluding steroid dienone is 1. The zero-order chi connectivity index (χ0) is 7.65. The molecule has 0 aliphatic carbocycles. The van der Waals surface area contributed by atoms with Crippen LogP contribution in [-0.2, 0) is 10.0 Å². The molecular formula is C4H10N2O2S. The van der Waals surface area contributed by atoms with Gasteiger partial charge in [-0.2, -0.15) is 0 Å². The number of sulfonamides is 1. The topological polar surface area (TPSA) is 63.4 Å². The van der Waals surface area contributed by atoms with E-state index in [1.54, 1.807) is 0 Å². The Kier molecular flexibility index (Phi) is 2.22. The Morgan fingerprint density at radius 2 is 2.00 bits per heavy atom. The van der Waals surface area contributed by atoms with E-state index >= 15 is 0 Å². The summed E-state index contributed by atoms with van der Waals surface area (Å²) in [5.74, 6) is 5.04. The highest BCUT2D eigenvalue weighted by atomic mass is 32.2. The summed E-state index contributed by atoms with van der Waals surface area (Å²) in [5, 5.41) is 0. The van der Waals surface area contributed by atoms with E-state index in [9.17, 15) is 8.42 Å². The third-order valence-electron chi connectivity index (χ3n) is 0.734. The van der Waals surface area contributed by atoms with Crippen LogP contribution >= 0.6 is 0 Å². The third-order valence-corrected chi connectivity index (χ3v) is 1.76. The highest BCUT2D eigenvalue weighted by molar-refractivity contribution is 7.88. The molecule has 0 saturated heterocycles. The molecule has 5 heteroatoms. The molecule has 0 saturated carbocycles. The predicted molar refractivity (Wildman–Crippen MR) is 35.7 cm³/mol. The SMILES string of the molecule is C=C(C)N(N)S(C)(=O)=O. The lowest BCUT2D eigenvalue weighted by atomic mass is 10.6. The number of hydrogen-bond donors (Lipinski definition) is 1. The van der Waals surface area contributed by atoms with E-state index < -0.39 is 10.0 Å². The molecule has 0 unspecified atom stereocenters. The summed E-state index contributed by atoms with van der Waals surface area (Å²) in [6.45, 7) is 4.86. The lowest BCUT2D eigenvalue weighted by molar-refractivity contribution is 0.499. The van der Waals surface area contributed by atoms with Gasteiger partial charge in [-0.1, -0.05) is 6.58 Å². The Morgan fingerprint density at radius 3 is 2.00 bits per heavy atom. The van der Waals surface area contributed by atoms with E-state index in [1.807, 2.05) is 0 Å². The van der Waals surface area contributed by atoms with Crippen LogP contribution in [0.5, 0.6) is 0 Å². The number of nitrogens with two attached hydrogens (primary N) is 1. The van der Waals surface area contributed by atoms with E-state index in [-0.39, 0.29) is 0 Å². The van der Waals surface area contributed by atoms with Crippen LogP contribution in [0.4, 0.5) is 0 Å². The maximum atomic E-state index is 10.5. The van der Waals surface area contributed by atoms with Crippen molar-refractivity contribution in [2.75, 3.05) is 6.26 Å². The molecule has 54 valence electrons. The van der Waals surface area contributed by atoms with Gasteiger partial charge >= 0.3 is 0 Å². The predicted octanol–water partition coefficient (Wildman–Crippen LogP) is -0.345. The van der Waals surface area contributed by atoms with Crippen LogP contribution in [0.25, 0.3) is 0 Å². The monoisotopic (exact) mass is 150 g/mol. The van der Waals surface area contributed by atoms with Crippen molar-refractivity contribution < 1.29 is 8.42 Å². The molecule has 0 spiro atoms. The second kappa shape index (κ2) is 2.36. The summed E-state index contributed by atoms with van der Waals surface area (Å²) in [6.07, 6.45) is 1.02. The molecule has 0 aliphatic rings. The molecule has 0 rings (SSSR count). The zero-order valence-corrected chi connectivity index (χ0v) is 6.27. The minimum Gasteiger partial charge on any atom is -0.234 e. The van der Waals surface area contributed by atoms with Crippen molar-refractivity contribution in [1.82, 2.24) is 4.41 Å². The zero-order valence-electron chi connectivity index (χ0n) is 5.46. The molecule has 0 aromatic heterocycles. The Morgan fingerprint density at radius 1 is 1.67 bits per heavy atom. The maximum Gasteiger partial charge on any atom is 0.245 e. The fraction of sp³-hybridized carbons (Fsp3) is 0.500. The molecule has 0 radical (unpaired) electrons. The maximum absolute atomic E-state index is 10.5. The van der Waals surface area contributed by atoms with E-state index in [0.717, 1.165) is 6.26 Å². The van der Waals surface area contributed by atoms with E-state index in [0.29, 0.717) is 10.1 Å². The molecule has 0 bridgehead atoms. The van der Waals surface area contributed by atoms with Crippen molar-refractivity contribution in [3.8, 4) is 0 Å². The molecule has 0 aromatic rings. The fourth-order valence-electron chi connectivity index (χ4n) is 0.283. The Labute approximate surface area is 55.0 Å². The molecule has 4 nitrogen and oxygen atoms in total. The van der Waals surface area contributed by atoms with Crippen LogP contribution in [0.15, 0.2) is 12.3 Å². The molecular weight excluding hydrogens is 140 g/mol. The first-order valence-corrected chi connectivity index (χ1v) is 4.11. The summed E-state index contributed by atoms with van der Waals surface area (Å²) >= 11 is 0. The first kappa shape index (κ1) is 8.45. The average molecular weight is 150 g/mol. The summed E-state index contributed by atoms with van der Waals surface area (Å²) in [7, 11) is -3.29. The summed E-state index contributed by atoms with van der Waals surface area (Å²) in [5.41, 5.74) is 0.303. The van der Waals surface area contributed by atoms with E-state index in [2.05, 4.69) is 6.58 Å². The van der Waals surface area contributed by atoms with Crippen molar-refractivity contribution in [3.05, 3.63) is 12.3 Å². The second-order valence-corrected chi connectivity index (χ2v) is 3.65. The molecule has 0 heterocycles. The number of hydrogen-bond acceptors (Lipinski definition) is 3. The van der Waals surface area contributed by atoms with Crippen LogP contribution in [0.2, 0.25) is 0 Å². The van der Waals surface area contributed by atoms with Crippen molar-refractivity contribution in [3.63, 3.8) is 0 Å². The Balaban J connectivity index is 4.43. The van der Waals surface area contributed by atoms with Crippen LogP contribution in [0.3, 0.4) is 0 Å². The van der Waals surface area contributed by atoms with E-state index in [1.165, 1.54) is 6.92 Å². The lowest BCUT2D eigenvalue weighted by Gasteiger charge is -2.13. The van der Waals surface area contributed by atoms with Crippen molar-refractivity contribution in [2.24, 2.45) is 5.84 Å². The van der Waals surface area contributed by atoms with Crippen molar-refractivity contribution in [2.45, 2.75) is 6.92 Å². The van der Waals surface area contributed by atoms with Gasteiger partial charge in [0.1, 0.15) is 0 Å². The summed E-state index contributed by atoms with van der Waals surface area (Å²) in [4.78, 5) is 0. The second-order valence-electron chi connectivity index (χ2n) is 1.79. The van der Waals surface area contributed by atoms with Gasteiger partial charge in [-0.05, 0) is 6.92 Å². The molecule has 0 atom stereocenters. The molecule has 2 N–H and O–H groups in total. The first-order valence-electron chi connectivity index (χ1n) is 2.26. The average Bonchev–Trinajstić information content (AvgIpc) is 1.62. The molecule has 0 aliphatic heterocycles. The van der Waals surface area contributed by atoms with Gasteiger partial charge in [0.05, 0.1) is 6.26 Å². The van der Waals surface area contributed by atoms with Gasteiger partial charge in [0.2, 0.25) is 10.0 Å². The molecule has 0 amide bonds. The third kappa shape index (κ3) is 2.48. The highest BCUT2D eigenvalue weighted by Crippen LogP contribution is 1.97. The number of rotatable bonds is 2. The molecule has 0 aromatic carbocycles. The van der Waals surface area contributed by atoms with Crippen LogP contribution in [0, 0.1) is 0 Å². The first-order chi connectivity index (χ1) is 3.85. The highest BCUT2D eigenvalue weighted by Gasteiger charge is 2.08. The minimum absolute atomic E-state index is 0.303. The molecule has 9 heavy (non-hydrogen) atoms. The molecule has 0 fully saturated rings. The van der Waals surface area contributed by atoms with Crippen LogP contribution < -0.4 is 5.84 Å². The van der Waals surface area contributed by atoms with Crippen molar-refractivity contribution >= 4 is 10.0 Å². The smallest absolute Gasteiger partial charge is 0.234 e. The Hall–Kier alpha value is -0.550. The van der Waals surface area contributed by atoms with Gasteiger partial charge < -0.3 is 0 Å². The van der Waals surface area contributed by atoms with E-state index in [4.69, 9.17) is 5.84 Å². The number of nitrogens with zero attached hydrogens (tertiary/aromatic N) is 1. The number of hydrazine groups is 1. The largest absolute Gasteiger partial charge is 0.245 e. The van der Waals surface area contributed by atoms with Gasteiger partial charge in [-0.3, -0.25) is 0 Å². The standard InChI is InChI=1S/C4H10N2O2S/c1-4(2)6(5)9(3,7)8/h1,5H2,2-3H3. The van der Waals surface area contributed by atoms with Crippen LogP contribution in [0.1, 0.15) is 6.92 Å².